The second-order valence-electron chi connectivity index (χ2n) is 8.17. The molecule has 0 atom stereocenters. The van der Waals surface area contributed by atoms with Crippen molar-refractivity contribution in [1.29, 1.82) is 0 Å². The number of hydrogen-bond acceptors (Lipinski definition) is 5. The maximum Gasteiger partial charge on any atom is 0.230 e. The van der Waals surface area contributed by atoms with E-state index in [1.807, 2.05) is 17.9 Å². The van der Waals surface area contributed by atoms with Crippen LogP contribution < -0.4 is 5.32 Å². The van der Waals surface area contributed by atoms with Crippen LogP contribution in [0.5, 0.6) is 0 Å². The van der Waals surface area contributed by atoms with E-state index in [-0.39, 0.29) is 5.91 Å². The minimum atomic E-state index is 0.0748. The van der Waals surface area contributed by atoms with Crippen molar-refractivity contribution in [2.45, 2.75) is 63.7 Å². The number of carbonyl (C=O) groups excluding carboxylic acids is 1. The van der Waals surface area contributed by atoms with E-state index < -0.39 is 0 Å². The van der Waals surface area contributed by atoms with Gasteiger partial charge in [0, 0.05) is 31.4 Å². The summed E-state index contributed by atoms with van der Waals surface area (Å²) in [5.74, 6) is 1.21. The molecule has 0 aliphatic heterocycles. The zero-order valence-corrected chi connectivity index (χ0v) is 19.3. The van der Waals surface area contributed by atoms with Crippen LogP contribution in [0.15, 0.2) is 35.6 Å². The van der Waals surface area contributed by atoms with Crippen molar-refractivity contribution < 1.29 is 4.79 Å². The van der Waals surface area contributed by atoms with E-state index in [9.17, 15) is 4.79 Å². The van der Waals surface area contributed by atoms with Gasteiger partial charge in [0.1, 0.15) is 5.69 Å². The van der Waals surface area contributed by atoms with Crippen LogP contribution in [0.1, 0.15) is 44.6 Å². The summed E-state index contributed by atoms with van der Waals surface area (Å²) < 4.78 is 3.87. The molecular weight excluding hydrogens is 408 g/mol. The number of amides is 1. The predicted molar refractivity (Wildman–Crippen MR) is 124 cm³/mol. The number of benzene rings is 1. The molecule has 8 heteroatoms. The zero-order chi connectivity index (χ0) is 21.8. The number of nitrogens with one attached hydrogen (secondary N) is 1. The van der Waals surface area contributed by atoms with Crippen LogP contribution in [0.25, 0.3) is 22.6 Å². The topological polar surface area (TPSA) is 77.6 Å². The molecule has 4 rings (SSSR count). The fourth-order valence-electron chi connectivity index (χ4n) is 4.10. The molecule has 1 N–H and O–H groups in total. The highest BCUT2D eigenvalue weighted by Crippen LogP contribution is 2.32. The minimum Gasteiger partial charge on any atom is -0.353 e. The van der Waals surface area contributed by atoms with Gasteiger partial charge in [0.15, 0.2) is 11.0 Å². The van der Waals surface area contributed by atoms with Gasteiger partial charge in [0.05, 0.1) is 11.3 Å². The predicted octanol–water partition coefficient (Wildman–Crippen LogP) is 4.21. The second kappa shape index (κ2) is 9.68. The molecule has 1 amide bonds. The van der Waals surface area contributed by atoms with E-state index in [1.54, 1.807) is 0 Å². The third kappa shape index (κ3) is 5.01. The molecule has 1 fully saturated rings. The smallest absolute Gasteiger partial charge is 0.230 e. The molecule has 0 spiro atoms. The minimum absolute atomic E-state index is 0.0748. The second-order valence-corrected chi connectivity index (χ2v) is 9.12. The quantitative estimate of drug-likeness (QED) is 0.559. The van der Waals surface area contributed by atoms with Crippen LogP contribution in [0, 0.1) is 6.92 Å². The lowest BCUT2D eigenvalue weighted by molar-refractivity contribution is -0.119. The highest BCUT2D eigenvalue weighted by atomic mass is 32.2. The summed E-state index contributed by atoms with van der Waals surface area (Å²) in [6, 6.07) is 8.67. The first-order chi connectivity index (χ1) is 15.0. The highest BCUT2D eigenvalue weighted by molar-refractivity contribution is 7.99. The van der Waals surface area contributed by atoms with Crippen molar-refractivity contribution in [3.8, 4) is 22.6 Å². The summed E-state index contributed by atoms with van der Waals surface area (Å²) in [4.78, 5) is 12.4. The SMILES string of the molecule is CCn1c(SCC(=O)NC2CCCCC2)nnc1-c1cn(C)nc1-c1ccc(C)cc1. The molecule has 2 aromatic heterocycles. The van der Waals surface area contributed by atoms with E-state index in [4.69, 9.17) is 0 Å². The van der Waals surface area contributed by atoms with Crippen molar-refractivity contribution in [2.75, 3.05) is 5.75 Å². The van der Waals surface area contributed by atoms with Gasteiger partial charge in [-0.1, -0.05) is 60.9 Å². The molecule has 1 saturated carbocycles. The molecule has 0 radical (unpaired) electrons. The van der Waals surface area contributed by atoms with Crippen LogP contribution >= 0.6 is 11.8 Å². The Kier molecular flexibility index (Phi) is 6.75. The molecule has 0 unspecified atom stereocenters. The van der Waals surface area contributed by atoms with Crippen molar-refractivity contribution in [2.24, 2.45) is 7.05 Å². The Morgan fingerprint density at radius 2 is 1.90 bits per heavy atom. The molecule has 1 aliphatic carbocycles. The Labute approximate surface area is 187 Å². The summed E-state index contributed by atoms with van der Waals surface area (Å²) in [6.45, 7) is 4.86. The van der Waals surface area contributed by atoms with Gasteiger partial charge in [-0.2, -0.15) is 5.10 Å². The third-order valence-electron chi connectivity index (χ3n) is 5.73. The first-order valence-corrected chi connectivity index (χ1v) is 12.0. The van der Waals surface area contributed by atoms with E-state index in [2.05, 4.69) is 63.3 Å². The number of nitrogens with zero attached hydrogens (tertiary/aromatic N) is 5. The molecule has 0 bridgehead atoms. The van der Waals surface area contributed by atoms with E-state index in [0.717, 1.165) is 47.2 Å². The Balaban J connectivity index is 1.52. The molecule has 1 aromatic carbocycles. The average Bonchev–Trinajstić information content (AvgIpc) is 3.36. The number of carbonyl (C=O) groups is 1. The number of aromatic nitrogens is 5. The Hall–Kier alpha value is -2.61. The van der Waals surface area contributed by atoms with Gasteiger partial charge in [-0.05, 0) is 26.7 Å². The maximum atomic E-state index is 12.4. The van der Waals surface area contributed by atoms with Crippen LogP contribution in [0.3, 0.4) is 0 Å². The monoisotopic (exact) mass is 438 g/mol. The van der Waals surface area contributed by atoms with Crippen LogP contribution in [0.4, 0.5) is 0 Å². The summed E-state index contributed by atoms with van der Waals surface area (Å²) >= 11 is 1.44. The Bertz CT molecular complexity index is 1030. The Morgan fingerprint density at radius 3 is 2.61 bits per heavy atom. The number of rotatable bonds is 7. The average molecular weight is 439 g/mol. The van der Waals surface area contributed by atoms with Crippen molar-refractivity contribution in [3.05, 3.63) is 36.0 Å². The molecule has 0 saturated heterocycles. The molecule has 2 heterocycles. The first-order valence-electron chi connectivity index (χ1n) is 11.0. The standard InChI is InChI=1S/C23H30N6OS/c1-4-29-22(19-14-28(3)27-21(19)17-12-10-16(2)11-13-17)25-26-23(29)31-15-20(30)24-18-8-6-5-7-9-18/h10-14,18H,4-9,15H2,1-3H3,(H,24,30). The molecule has 1 aliphatic rings. The van der Waals surface area contributed by atoms with Crippen LogP contribution in [-0.2, 0) is 18.4 Å². The summed E-state index contributed by atoms with van der Waals surface area (Å²) in [5, 5.41) is 17.5. The fourth-order valence-corrected chi connectivity index (χ4v) is 4.92. The van der Waals surface area contributed by atoms with Crippen molar-refractivity contribution in [1.82, 2.24) is 29.9 Å². The lowest BCUT2D eigenvalue weighted by Gasteiger charge is -2.22. The molecule has 31 heavy (non-hydrogen) atoms. The summed E-state index contributed by atoms with van der Waals surface area (Å²) in [6.07, 6.45) is 7.86. The van der Waals surface area contributed by atoms with Gasteiger partial charge in [-0.25, -0.2) is 0 Å². The van der Waals surface area contributed by atoms with Crippen LogP contribution in [-0.4, -0.2) is 42.2 Å². The van der Waals surface area contributed by atoms with E-state index in [1.165, 1.54) is 36.6 Å². The van der Waals surface area contributed by atoms with E-state index >= 15 is 0 Å². The molecule has 3 aromatic rings. The first kappa shape index (κ1) is 21.6. The van der Waals surface area contributed by atoms with Crippen LogP contribution in [0.2, 0.25) is 0 Å². The fraction of sp³-hybridized carbons (Fsp3) is 0.478. The van der Waals surface area contributed by atoms with Gasteiger partial charge in [-0.3, -0.25) is 9.48 Å². The molecular formula is C23H30N6OS. The highest BCUT2D eigenvalue weighted by Gasteiger charge is 2.21. The van der Waals surface area contributed by atoms with Gasteiger partial charge in [0.25, 0.3) is 0 Å². The van der Waals surface area contributed by atoms with Gasteiger partial charge >= 0.3 is 0 Å². The van der Waals surface area contributed by atoms with Crippen molar-refractivity contribution >= 4 is 17.7 Å². The number of thioether (sulfide) groups is 1. The van der Waals surface area contributed by atoms with Crippen molar-refractivity contribution in [3.63, 3.8) is 0 Å². The summed E-state index contributed by atoms with van der Waals surface area (Å²) in [5.41, 5.74) is 4.09. The molecule has 164 valence electrons. The number of hydrogen-bond donors (Lipinski definition) is 1. The maximum absolute atomic E-state index is 12.4. The molecule has 7 nitrogen and oxygen atoms in total. The van der Waals surface area contributed by atoms with Gasteiger partial charge in [0.2, 0.25) is 5.91 Å². The third-order valence-corrected chi connectivity index (χ3v) is 6.70. The summed E-state index contributed by atoms with van der Waals surface area (Å²) in [7, 11) is 1.92. The lowest BCUT2D eigenvalue weighted by Crippen LogP contribution is -2.37. The zero-order valence-electron chi connectivity index (χ0n) is 18.5. The normalized spacial score (nSPS) is 14.7. The largest absolute Gasteiger partial charge is 0.353 e. The van der Waals surface area contributed by atoms with Gasteiger partial charge < -0.3 is 9.88 Å². The van der Waals surface area contributed by atoms with E-state index in [0.29, 0.717) is 11.8 Å². The van der Waals surface area contributed by atoms with Gasteiger partial charge in [-0.15, -0.1) is 10.2 Å². The number of aryl methyl sites for hydroxylation is 2. The lowest BCUT2D eigenvalue weighted by atomic mass is 9.95. The Morgan fingerprint density at radius 1 is 1.16 bits per heavy atom.